The Balaban J connectivity index is 0.00000196. The van der Waals surface area contributed by atoms with Crippen molar-refractivity contribution in [1.82, 2.24) is 4.90 Å². The molecule has 0 bridgehead atoms. The van der Waals surface area contributed by atoms with Gasteiger partial charge in [-0.15, -0.1) is 12.4 Å². The van der Waals surface area contributed by atoms with Gasteiger partial charge in [0.05, 0.1) is 5.60 Å². The number of β-amino-alcohol motifs (C(OH)–C–C–N with tert-alkyl or cyclic N) is 1. The first-order chi connectivity index (χ1) is 6.38. The Labute approximate surface area is 99.4 Å². The molecule has 1 aliphatic rings. The fourth-order valence-corrected chi connectivity index (χ4v) is 2.18. The summed E-state index contributed by atoms with van der Waals surface area (Å²) < 4.78 is 0. The second kappa shape index (κ2) is 6.04. The van der Waals surface area contributed by atoms with Crippen LogP contribution in [0.4, 0.5) is 0 Å². The summed E-state index contributed by atoms with van der Waals surface area (Å²) in [5.41, 5.74) is 5.30. The maximum absolute atomic E-state index is 9.68. The van der Waals surface area contributed by atoms with Crippen molar-refractivity contribution < 1.29 is 5.11 Å². The standard InChI is InChI=1S/C11H24N2O.ClH/c1-9(12)10-4-6-13(7-5-10)8-11(2,3)14;/h9-10,14H,4-8,12H2,1-3H3;1H. The van der Waals surface area contributed by atoms with Gasteiger partial charge in [-0.1, -0.05) is 0 Å². The fraction of sp³-hybridized carbons (Fsp3) is 1.00. The number of rotatable bonds is 3. The first kappa shape index (κ1) is 15.2. The summed E-state index contributed by atoms with van der Waals surface area (Å²) in [6.07, 6.45) is 2.35. The van der Waals surface area contributed by atoms with Crippen molar-refractivity contribution in [3.63, 3.8) is 0 Å². The third kappa shape index (κ3) is 5.71. The molecule has 0 saturated carbocycles. The molecule has 0 spiro atoms. The molecule has 1 heterocycles. The van der Waals surface area contributed by atoms with Crippen LogP contribution < -0.4 is 5.73 Å². The van der Waals surface area contributed by atoms with Gasteiger partial charge in [-0.05, 0) is 52.6 Å². The molecular formula is C11H25ClN2O. The maximum atomic E-state index is 9.68. The summed E-state index contributed by atoms with van der Waals surface area (Å²) in [5.74, 6) is 0.674. The number of piperidine rings is 1. The van der Waals surface area contributed by atoms with E-state index in [-0.39, 0.29) is 12.4 Å². The number of nitrogens with two attached hydrogens (primary N) is 1. The Morgan fingerprint density at radius 1 is 1.40 bits per heavy atom. The fourth-order valence-electron chi connectivity index (χ4n) is 2.18. The van der Waals surface area contributed by atoms with Gasteiger partial charge in [0.25, 0.3) is 0 Å². The SMILES string of the molecule is CC(N)C1CCN(CC(C)(C)O)CC1.Cl. The van der Waals surface area contributed by atoms with Crippen molar-refractivity contribution in [2.24, 2.45) is 11.7 Å². The number of nitrogens with zero attached hydrogens (tertiary/aromatic N) is 1. The Bertz CT molecular complexity index is 172. The van der Waals surface area contributed by atoms with Crippen molar-refractivity contribution in [2.75, 3.05) is 19.6 Å². The molecule has 15 heavy (non-hydrogen) atoms. The summed E-state index contributed by atoms with van der Waals surface area (Å²) in [6.45, 7) is 8.76. The lowest BCUT2D eigenvalue weighted by atomic mass is 9.90. The first-order valence-electron chi connectivity index (χ1n) is 5.59. The molecule has 1 aliphatic heterocycles. The molecule has 3 nitrogen and oxygen atoms in total. The van der Waals surface area contributed by atoms with Crippen LogP contribution in [0.15, 0.2) is 0 Å². The van der Waals surface area contributed by atoms with Crippen LogP contribution in [0.1, 0.15) is 33.6 Å². The van der Waals surface area contributed by atoms with Gasteiger partial charge in [0.1, 0.15) is 0 Å². The minimum Gasteiger partial charge on any atom is -0.389 e. The Morgan fingerprint density at radius 3 is 2.20 bits per heavy atom. The molecule has 0 aromatic heterocycles. The molecule has 0 aromatic rings. The summed E-state index contributed by atoms with van der Waals surface area (Å²) >= 11 is 0. The third-order valence-corrected chi connectivity index (χ3v) is 2.99. The number of halogens is 1. The molecule has 1 atom stereocenters. The van der Waals surface area contributed by atoms with E-state index in [4.69, 9.17) is 5.73 Å². The second-order valence-corrected chi connectivity index (χ2v) is 5.29. The summed E-state index contributed by atoms with van der Waals surface area (Å²) in [4.78, 5) is 2.33. The van der Waals surface area contributed by atoms with E-state index in [1.165, 1.54) is 12.8 Å². The lowest BCUT2D eigenvalue weighted by Crippen LogP contribution is -2.45. The average molecular weight is 237 g/mol. The van der Waals surface area contributed by atoms with Gasteiger partial charge in [-0.2, -0.15) is 0 Å². The summed E-state index contributed by atoms with van der Waals surface area (Å²) in [5, 5.41) is 9.68. The van der Waals surface area contributed by atoms with Crippen LogP contribution in [0, 0.1) is 5.92 Å². The lowest BCUT2D eigenvalue weighted by Gasteiger charge is -2.36. The Hall–Kier alpha value is 0.170. The van der Waals surface area contributed by atoms with E-state index in [0.717, 1.165) is 19.6 Å². The molecule has 92 valence electrons. The minimum absolute atomic E-state index is 0. The van der Waals surface area contributed by atoms with Gasteiger partial charge < -0.3 is 15.7 Å². The normalized spacial score (nSPS) is 22.2. The van der Waals surface area contributed by atoms with Gasteiger partial charge in [0.2, 0.25) is 0 Å². The topological polar surface area (TPSA) is 49.5 Å². The van der Waals surface area contributed by atoms with Gasteiger partial charge in [0, 0.05) is 12.6 Å². The highest BCUT2D eigenvalue weighted by atomic mass is 35.5. The van der Waals surface area contributed by atoms with Crippen LogP contribution in [0.5, 0.6) is 0 Å². The highest BCUT2D eigenvalue weighted by Gasteiger charge is 2.25. The molecule has 1 saturated heterocycles. The Kier molecular flexibility index (Phi) is 6.11. The molecule has 0 aromatic carbocycles. The number of likely N-dealkylation sites (tertiary alicyclic amines) is 1. The zero-order valence-electron chi connectivity index (χ0n) is 10.1. The highest BCUT2D eigenvalue weighted by molar-refractivity contribution is 5.85. The summed E-state index contributed by atoms with van der Waals surface area (Å²) in [6, 6.07) is 0.319. The van der Waals surface area contributed by atoms with Gasteiger partial charge in [-0.25, -0.2) is 0 Å². The van der Waals surface area contributed by atoms with Crippen molar-refractivity contribution in [2.45, 2.75) is 45.3 Å². The van der Waals surface area contributed by atoms with Gasteiger partial charge >= 0.3 is 0 Å². The first-order valence-corrected chi connectivity index (χ1v) is 5.59. The number of hydrogen-bond acceptors (Lipinski definition) is 3. The maximum Gasteiger partial charge on any atom is 0.0718 e. The molecule has 3 N–H and O–H groups in total. The minimum atomic E-state index is -0.568. The molecule has 0 radical (unpaired) electrons. The van der Waals surface area contributed by atoms with E-state index in [2.05, 4.69) is 11.8 Å². The van der Waals surface area contributed by atoms with Crippen LogP contribution in [0.2, 0.25) is 0 Å². The molecule has 1 rings (SSSR count). The number of hydrogen-bond donors (Lipinski definition) is 2. The monoisotopic (exact) mass is 236 g/mol. The molecular weight excluding hydrogens is 212 g/mol. The van der Waals surface area contributed by atoms with Crippen molar-refractivity contribution >= 4 is 12.4 Å². The van der Waals surface area contributed by atoms with Gasteiger partial charge in [0.15, 0.2) is 0 Å². The quantitative estimate of drug-likeness (QED) is 0.775. The van der Waals surface area contributed by atoms with Crippen LogP contribution in [0.25, 0.3) is 0 Å². The summed E-state index contributed by atoms with van der Waals surface area (Å²) in [7, 11) is 0. The highest BCUT2D eigenvalue weighted by Crippen LogP contribution is 2.20. The zero-order chi connectivity index (χ0) is 10.8. The van der Waals surface area contributed by atoms with E-state index < -0.39 is 5.60 Å². The molecule has 1 fully saturated rings. The molecule has 4 heteroatoms. The van der Waals surface area contributed by atoms with Crippen molar-refractivity contribution in [1.29, 1.82) is 0 Å². The lowest BCUT2D eigenvalue weighted by molar-refractivity contribution is 0.0232. The third-order valence-electron chi connectivity index (χ3n) is 2.99. The molecule has 0 aliphatic carbocycles. The zero-order valence-corrected chi connectivity index (χ0v) is 10.9. The van der Waals surface area contributed by atoms with Crippen LogP contribution in [-0.4, -0.2) is 41.3 Å². The van der Waals surface area contributed by atoms with E-state index in [9.17, 15) is 5.11 Å². The number of aliphatic hydroxyl groups is 1. The predicted octanol–water partition coefficient (Wildman–Crippen LogP) is 1.24. The predicted molar refractivity (Wildman–Crippen MR) is 66.4 cm³/mol. The van der Waals surface area contributed by atoms with E-state index >= 15 is 0 Å². The van der Waals surface area contributed by atoms with E-state index in [1.807, 2.05) is 13.8 Å². The van der Waals surface area contributed by atoms with E-state index in [1.54, 1.807) is 0 Å². The van der Waals surface area contributed by atoms with Gasteiger partial charge in [-0.3, -0.25) is 0 Å². The van der Waals surface area contributed by atoms with Crippen molar-refractivity contribution in [3.05, 3.63) is 0 Å². The average Bonchev–Trinajstić information content (AvgIpc) is 2.02. The van der Waals surface area contributed by atoms with Crippen molar-refractivity contribution in [3.8, 4) is 0 Å². The van der Waals surface area contributed by atoms with Crippen LogP contribution in [-0.2, 0) is 0 Å². The molecule has 0 amide bonds. The smallest absolute Gasteiger partial charge is 0.0718 e. The Morgan fingerprint density at radius 2 is 1.87 bits per heavy atom. The van der Waals surface area contributed by atoms with E-state index in [0.29, 0.717) is 12.0 Å². The largest absolute Gasteiger partial charge is 0.389 e. The molecule has 1 unspecified atom stereocenters. The van der Waals surface area contributed by atoms with Crippen LogP contribution in [0.3, 0.4) is 0 Å². The van der Waals surface area contributed by atoms with Crippen LogP contribution >= 0.6 is 12.4 Å². The second-order valence-electron chi connectivity index (χ2n) is 5.29.